The van der Waals surface area contributed by atoms with Crippen molar-refractivity contribution in [1.29, 1.82) is 5.26 Å². The lowest BCUT2D eigenvalue weighted by Gasteiger charge is -2.22. The van der Waals surface area contributed by atoms with E-state index in [0.717, 1.165) is 19.3 Å². The number of oxazole rings is 1. The third kappa shape index (κ3) is 2.96. The van der Waals surface area contributed by atoms with E-state index in [0.29, 0.717) is 35.3 Å². The van der Waals surface area contributed by atoms with Gasteiger partial charge in [-0.05, 0) is 30.7 Å². The molecule has 4 rings (SSSR count). The van der Waals surface area contributed by atoms with Gasteiger partial charge >= 0.3 is 0 Å². The smallest absolute Gasteiger partial charge is 0.232 e. The number of rotatable bonds is 4. The van der Waals surface area contributed by atoms with Gasteiger partial charge in [0.1, 0.15) is 6.07 Å². The molecule has 0 amide bonds. The zero-order valence-corrected chi connectivity index (χ0v) is 13.2. The van der Waals surface area contributed by atoms with Crippen molar-refractivity contribution < 1.29 is 4.42 Å². The summed E-state index contributed by atoms with van der Waals surface area (Å²) < 4.78 is 5.94. The molecular formula is C19H21N3O. The Labute approximate surface area is 136 Å². The van der Waals surface area contributed by atoms with E-state index in [4.69, 9.17) is 4.42 Å². The summed E-state index contributed by atoms with van der Waals surface area (Å²) in [7, 11) is 0. The normalized spacial score (nSPS) is 24.1. The molecule has 1 N–H and O–H groups in total. The first-order valence-corrected chi connectivity index (χ1v) is 8.57. The van der Waals surface area contributed by atoms with Gasteiger partial charge in [0.15, 0.2) is 0 Å². The molecule has 1 aromatic heterocycles. The van der Waals surface area contributed by atoms with Crippen LogP contribution in [0.2, 0.25) is 0 Å². The Balaban J connectivity index is 1.49. The molecular weight excluding hydrogens is 286 g/mol. The predicted molar refractivity (Wildman–Crippen MR) is 88.3 cm³/mol. The highest BCUT2D eigenvalue weighted by Crippen LogP contribution is 2.54. The number of aromatic nitrogens is 1. The van der Waals surface area contributed by atoms with Gasteiger partial charge in [-0.25, -0.2) is 4.98 Å². The summed E-state index contributed by atoms with van der Waals surface area (Å²) in [5.41, 5.74) is 1.74. The number of benzene rings is 1. The maximum absolute atomic E-state index is 9.33. The second-order valence-electron chi connectivity index (χ2n) is 6.68. The fraction of sp³-hybridized carbons (Fsp3) is 0.474. The molecule has 2 saturated carbocycles. The molecule has 0 unspecified atom stereocenters. The molecule has 4 heteroatoms. The van der Waals surface area contributed by atoms with Crippen molar-refractivity contribution in [2.75, 3.05) is 5.32 Å². The van der Waals surface area contributed by atoms with E-state index in [1.807, 2.05) is 6.07 Å². The van der Waals surface area contributed by atoms with Crippen molar-refractivity contribution in [2.24, 2.45) is 0 Å². The molecule has 2 aromatic rings. The molecule has 1 aromatic carbocycles. The first-order chi connectivity index (χ1) is 11.3. The first-order valence-electron chi connectivity index (χ1n) is 8.57. The number of hydrogen-bond donors (Lipinski definition) is 1. The first kappa shape index (κ1) is 14.3. The van der Waals surface area contributed by atoms with E-state index in [2.05, 4.69) is 40.6 Å². The number of nitrogens with one attached hydrogen (secondary N) is 1. The third-order valence-electron chi connectivity index (χ3n) is 5.03. The fourth-order valence-corrected chi connectivity index (χ4v) is 3.64. The molecule has 2 fully saturated rings. The lowest BCUT2D eigenvalue weighted by molar-refractivity contribution is 0.442. The molecule has 0 aliphatic heterocycles. The van der Waals surface area contributed by atoms with Crippen LogP contribution in [-0.2, 0) is 0 Å². The van der Waals surface area contributed by atoms with Gasteiger partial charge in [-0.15, -0.1) is 0 Å². The average molecular weight is 307 g/mol. The van der Waals surface area contributed by atoms with Gasteiger partial charge in [0.2, 0.25) is 17.5 Å². The molecule has 2 aliphatic carbocycles. The van der Waals surface area contributed by atoms with E-state index in [-0.39, 0.29) is 0 Å². The fourth-order valence-electron chi connectivity index (χ4n) is 3.64. The highest BCUT2D eigenvalue weighted by Gasteiger charge is 2.43. The monoisotopic (exact) mass is 307 g/mol. The Morgan fingerprint density at radius 3 is 2.61 bits per heavy atom. The van der Waals surface area contributed by atoms with Crippen molar-refractivity contribution in [1.82, 2.24) is 4.98 Å². The van der Waals surface area contributed by atoms with E-state index in [1.165, 1.54) is 24.8 Å². The summed E-state index contributed by atoms with van der Waals surface area (Å²) in [5, 5.41) is 12.7. The summed E-state index contributed by atoms with van der Waals surface area (Å²) in [6, 6.07) is 13.1. The van der Waals surface area contributed by atoms with E-state index >= 15 is 0 Å². The Hall–Kier alpha value is -2.28. The molecule has 0 spiro atoms. The van der Waals surface area contributed by atoms with Gasteiger partial charge in [-0.2, -0.15) is 5.26 Å². The Bertz CT molecular complexity index is 710. The molecule has 0 radical (unpaired) electrons. The lowest BCUT2D eigenvalue weighted by atomic mass is 9.95. The summed E-state index contributed by atoms with van der Waals surface area (Å²) in [4.78, 5) is 4.44. The van der Waals surface area contributed by atoms with Gasteiger partial charge < -0.3 is 9.73 Å². The highest BCUT2D eigenvalue weighted by atomic mass is 16.4. The van der Waals surface area contributed by atoms with E-state index in [9.17, 15) is 5.26 Å². The minimum Gasteiger partial charge on any atom is -0.424 e. The lowest BCUT2D eigenvalue weighted by Crippen LogP contribution is -2.22. The number of anilines is 1. The minimum atomic E-state index is 0.311. The third-order valence-corrected chi connectivity index (χ3v) is 5.03. The summed E-state index contributed by atoms with van der Waals surface area (Å²) in [6.07, 6.45) is 7.16. The summed E-state index contributed by atoms with van der Waals surface area (Å²) in [6.45, 7) is 0. The highest BCUT2D eigenvalue weighted by molar-refractivity contribution is 5.47. The largest absolute Gasteiger partial charge is 0.424 e. The van der Waals surface area contributed by atoms with Crippen LogP contribution in [-0.4, -0.2) is 11.0 Å². The van der Waals surface area contributed by atoms with Crippen molar-refractivity contribution in [3.05, 3.63) is 47.5 Å². The topological polar surface area (TPSA) is 61.9 Å². The standard InChI is InChI=1S/C19H21N3O/c20-12-17-19(21-14-9-5-2-6-10-14)23-18(22-17)16-11-15(16)13-7-3-1-4-8-13/h1,3-4,7-8,14-16,21H,2,5-6,9-11H2/t15-,16+/m1/s1. The van der Waals surface area contributed by atoms with Gasteiger partial charge in [0, 0.05) is 12.0 Å². The maximum atomic E-state index is 9.33. The molecule has 1 heterocycles. The van der Waals surface area contributed by atoms with Crippen molar-refractivity contribution in [3.8, 4) is 6.07 Å². The zero-order chi connectivity index (χ0) is 15.6. The second kappa shape index (κ2) is 6.08. The minimum absolute atomic E-state index is 0.311. The predicted octanol–water partition coefficient (Wildman–Crippen LogP) is 4.56. The van der Waals surface area contributed by atoms with Crippen LogP contribution < -0.4 is 5.32 Å². The average Bonchev–Trinajstić information content (AvgIpc) is 3.31. The van der Waals surface area contributed by atoms with Gasteiger partial charge in [0.05, 0.1) is 0 Å². The van der Waals surface area contributed by atoms with Crippen LogP contribution in [0.4, 0.5) is 5.88 Å². The number of hydrogen-bond acceptors (Lipinski definition) is 4. The molecule has 4 nitrogen and oxygen atoms in total. The maximum Gasteiger partial charge on any atom is 0.232 e. The van der Waals surface area contributed by atoms with Crippen LogP contribution in [0.25, 0.3) is 0 Å². The van der Waals surface area contributed by atoms with Crippen LogP contribution in [0, 0.1) is 11.3 Å². The van der Waals surface area contributed by atoms with Crippen LogP contribution in [0.3, 0.4) is 0 Å². The van der Waals surface area contributed by atoms with Crippen LogP contribution in [0.5, 0.6) is 0 Å². The van der Waals surface area contributed by atoms with Crippen LogP contribution in [0.1, 0.15) is 67.5 Å². The summed E-state index contributed by atoms with van der Waals surface area (Å²) in [5.74, 6) is 2.08. The van der Waals surface area contributed by atoms with Gasteiger partial charge in [-0.3, -0.25) is 0 Å². The molecule has 2 aliphatic rings. The molecule has 23 heavy (non-hydrogen) atoms. The quantitative estimate of drug-likeness (QED) is 0.899. The van der Waals surface area contributed by atoms with E-state index < -0.39 is 0 Å². The van der Waals surface area contributed by atoms with Gasteiger partial charge in [-0.1, -0.05) is 49.6 Å². The van der Waals surface area contributed by atoms with E-state index in [1.54, 1.807) is 0 Å². The molecule has 0 saturated heterocycles. The SMILES string of the molecule is N#Cc1nc([C@H]2C[C@@H]2c2ccccc2)oc1NC1CCCCC1. The van der Waals surface area contributed by atoms with Crippen LogP contribution in [0.15, 0.2) is 34.7 Å². The van der Waals surface area contributed by atoms with Crippen LogP contribution >= 0.6 is 0 Å². The Morgan fingerprint density at radius 2 is 1.87 bits per heavy atom. The molecule has 118 valence electrons. The Morgan fingerprint density at radius 1 is 1.09 bits per heavy atom. The van der Waals surface area contributed by atoms with Gasteiger partial charge in [0.25, 0.3) is 0 Å². The van der Waals surface area contributed by atoms with Crippen molar-refractivity contribution in [3.63, 3.8) is 0 Å². The Kier molecular flexibility index (Phi) is 3.78. The van der Waals surface area contributed by atoms with Crippen molar-refractivity contribution in [2.45, 2.75) is 56.4 Å². The van der Waals surface area contributed by atoms with Crippen molar-refractivity contribution >= 4 is 5.88 Å². The zero-order valence-electron chi connectivity index (χ0n) is 13.2. The second-order valence-corrected chi connectivity index (χ2v) is 6.68. The molecule has 0 bridgehead atoms. The number of nitrogens with zero attached hydrogens (tertiary/aromatic N) is 2. The summed E-state index contributed by atoms with van der Waals surface area (Å²) >= 11 is 0. The number of nitriles is 1. The molecule has 2 atom stereocenters.